The quantitative estimate of drug-likeness (QED) is 0.602. The molecular weight excluding hydrogens is 272 g/mol. The topological polar surface area (TPSA) is 72.8 Å². The van der Waals surface area contributed by atoms with Gasteiger partial charge in [0.2, 0.25) is 0 Å². The molecule has 5 nitrogen and oxygen atoms in total. The SMILES string of the molecule is COC=CC(CC1(C(=O)O)CCCC1)C(=O)OC(C)(C)C. The lowest BCUT2D eigenvalue weighted by Gasteiger charge is -2.29. The predicted molar refractivity (Wildman–Crippen MR) is 78.6 cm³/mol. The Morgan fingerprint density at radius 2 is 1.86 bits per heavy atom. The molecule has 0 radical (unpaired) electrons. The molecule has 1 atom stereocenters. The third kappa shape index (κ3) is 5.06. The first-order valence-electron chi connectivity index (χ1n) is 7.36. The first-order chi connectivity index (χ1) is 9.70. The van der Waals surface area contributed by atoms with E-state index in [-0.39, 0.29) is 6.42 Å². The van der Waals surface area contributed by atoms with Crippen molar-refractivity contribution in [2.45, 2.75) is 58.5 Å². The van der Waals surface area contributed by atoms with Gasteiger partial charge in [-0.3, -0.25) is 9.59 Å². The molecule has 0 aromatic carbocycles. The van der Waals surface area contributed by atoms with Crippen LogP contribution in [0.2, 0.25) is 0 Å². The van der Waals surface area contributed by atoms with Gasteiger partial charge < -0.3 is 14.6 Å². The smallest absolute Gasteiger partial charge is 0.313 e. The molecule has 21 heavy (non-hydrogen) atoms. The maximum absolute atomic E-state index is 12.3. The van der Waals surface area contributed by atoms with E-state index < -0.39 is 28.9 Å². The van der Waals surface area contributed by atoms with Crippen molar-refractivity contribution in [1.29, 1.82) is 0 Å². The summed E-state index contributed by atoms with van der Waals surface area (Å²) in [7, 11) is 1.49. The van der Waals surface area contributed by atoms with Gasteiger partial charge in [0.25, 0.3) is 0 Å². The first-order valence-corrected chi connectivity index (χ1v) is 7.36. The van der Waals surface area contributed by atoms with Gasteiger partial charge >= 0.3 is 11.9 Å². The molecule has 0 aromatic heterocycles. The molecule has 1 saturated carbocycles. The van der Waals surface area contributed by atoms with Gasteiger partial charge in [-0.1, -0.05) is 12.8 Å². The number of hydrogen-bond donors (Lipinski definition) is 1. The van der Waals surface area contributed by atoms with Crippen molar-refractivity contribution in [3.63, 3.8) is 0 Å². The summed E-state index contributed by atoms with van der Waals surface area (Å²) < 4.78 is 10.3. The zero-order valence-corrected chi connectivity index (χ0v) is 13.3. The molecule has 0 saturated heterocycles. The van der Waals surface area contributed by atoms with E-state index in [0.29, 0.717) is 12.8 Å². The second-order valence-corrected chi connectivity index (χ2v) is 6.70. The number of hydrogen-bond acceptors (Lipinski definition) is 4. The van der Waals surface area contributed by atoms with E-state index in [1.54, 1.807) is 26.8 Å². The van der Waals surface area contributed by atoms with E-state index in [2.05, 4.69) is 0 Å². The number of carboxylic acid groups (broad SMARTS) is 1. The zero-order chi connectivity index (χ0) is 16.1. The molecule has 0 aliphatic heterocycles. The second kappa shape index (κ2) is 6.96. The van der Waals surface area contributed by atoms with Crippen LogP contribution in [0, 0.1) is 11.3 Å². The average molecular weight is 298 g/mol. The molecule has 1 N–H and O–H groups in total. The molecule has 1 unspecified atom stereocenters. The third-order valence-electron chi connectivity index (χ3n) is 3.78. The molecule has 1 aliphatic carbocycles. The van der Waals surface area contributed by atoms with Crippen molar-refractivity contribution in [1.82, 2.24) is 0 Å². The fourth-order valence-corrected chi connectivity index (χ4v) is 2.76. The van der Waals surface area contributed by atoms with Crippen LogP contribution in [0.5, 0.6) is 0 Å². The van der Waals surface area contributed by atoms with E-state index in [1.807, 2.05) is 0 Å². The normalized spacial score (nSPS) is 19.4. The van der Waals surface area contributed by atoms with Crippen LogP contribution in [0.15, 0.2) is 12.3 Å². The molecule has 0 spiro atoms. The maximum atomic E-state index is 12.3. The van der Waals surface area contributed by atoms with E-state index >= 15 is 0 Å². The summed E-state index contributed by atoms with van der Waals surface area (Å²) >= 11 is 0. The lowest BCUT2D eigenvalue weighted by Crippen LogP contribution is -2.35. The van der Waals surface area contributed by atoms with Gasteiger partial charge in [-0.25, -0.2) is 0 Å². The standard InChI is InChI=1S/C16H26O5/c1-15(2,3)21-13(17)12(7-10-20-4)11-16(14(18)19)8-5-6-9-16/h7,10,12H,5-6,8-9,11H2,1-4H3,(H,18,19). The minimum Gasteiger partial charge on any atom is -0.505 e. The molecule has 0 heterocycles. The zero-order valence-electron chi connectivity index (χ0n) is 13.3. The second-order valence-electron chi connectivity index (χ2n) is 6.70. The molecule has 1 rings (SSSR count). The monoisotopic (exact) mass is 298 g/mol. The number of carbonyl (C=O) groups excluding carboxylic acids is 1. The Morgan fingerprint density at radius 3 is 2.29 bits per heavy atom. The van der Waals surface area contributed by atoms with Crippen molar-refractivity contribution in [2.24, 2.45) is 11.3 Å². The number of ether oxygens (including phenoxy) is 2. The summed E-state index contributed by atoms with van der Waals surface area (Å²) in [6, 6.07) is 0. The maximum Gasteiger partial charge on any atom is 0.313 e. The molecule has 5 heteroatoms. The lowest BCUT2D eigenvalue weighted by molar-refractivity contribution is -0.161. The third-order valence-corrected chi connectivity index (χ3v) is 3.78. The summed E-state index contributed by atoms with van der Waals surface area (Å²) in [5, 5.41) is 9.54. The minimum atomic E-state index is -0.820. The Morgan fingerprint density at radius 1 is 1.29 bits per heavy atom. The van der Waals surface area contributed by atoms with Gasteiger partial charge in [-0.05, 0) is 46.1 Å². The van der Waals surface area contributed by atoms with Gasteiger partial charge in [0.1, 0.15) is 5.60 Å². The Hall–Kier alpha value is -1.52. The largest absolute Gasteiger partial charge is 0.505 e. The van der Waals surface area contributed by atoms with Crippen LogP contribution >= 0.6 is 0 Å². The van der Waals surface area contributed by atoms with Crippen LogP contribution < -0.4 is 0 Å². The van der Waals surface area contributed by atoms with E-state index in [9.17, 15) is 14.7 Å². The fraction of sp³-hybridized carbons (Fsp3) is 0.750. The molecule has 1 fully saturated rings. The van der Waals surface area contributed by atoms with Crippen LogP contribution in [-0.2, 0) is 19.1 Å². The van der Waals surface area contributed by atoms with Gasteiger partial charge in [-0.2, -0.15) is 0 Å². The van der Waals surface area contributed by atoms with Gasteiger partial charge in [0, 0.05) is 0 Å². The van der Waals surface area contributed by atoms with Gasteiger partial charge in [0.05, 0.1) is 24.7 Å². The molecular formula is C16H26O5. The number of carbonyl (C=O) groups is 2. The van der Waals surface area contributed by atoms with Crippen LogP contribution in [0.25, 0.3) is 0 Å². The van der Waals surface area contributed by atoms with Gasteiger partial charge in [-0.15, -0.1) is 0 Å². The highest BCUT2D eigenvalue weighted by Gasteiger charge is 2.44. The van der Waals surface area contributed by atoms with E-state index in [4.69, 9.17) is 9.47 Å². The number of aliphatic carboxylic acids is 1. The Bertz CT molecular complexity index is 399. The molecule has 120 valence electrons. The number of carboxylic acids is 1. The van der Waals surface area contributed by atoms with Crippen LogP contribution in [0.3, 0.4) is 0 Å². The highest BCUT2D eigenvalue weighted by molar-refractivity contribution is 5.79. The lowest BCUT2D eigenvalue weighted by atomic mass is 9.77. The fourth-order valence-electron chi connectivity index (χ4n) is 2.76. The summed E-state index contributed by atoms with van der Waals surface area (Å²) in [5.41, 5.74) is -1.41. The highest BCUT2D eigenvalue weighted by Crippen LogP contribution is 2.44. The summed E-state index contributed by atoms with van der Waals surface area (Å²) in [4.78, 5) is 23.9. The Balaban J connectivity index is 2.89. The van der Waals surface area contributed by atoms with Crippen LogP contribution in [-0.4, -0.2) is 29.8 Å². The average Bonchev–Trinajstić information content (AvgIpc) is 2.82. The molecule has 0 amide bonds. The molecule has 1 aliphatic rings. The number of methoxy groups -OCH3 is 1. The van der Waals surface area contributed by atoms with Crippen molar-refractivity contribution < 1.29 is 24.2 Å². The van der Waals surface area contributed by atoms with Crippen molar-refractivity contribution in [2.75, 3.05) is 7.11 Å². The Kier molecular flexibility index (Phi) is 5.81. The Labute approximate surface area is 126 Å². The molecule has 0 aromatic rings. The van der Waals surface area contributed by atoms with Crippen LogP contribution in [0.4, 0.5) is 0 Å². The van der Waals surface area contributed by atoms with E-state index in [1.165, 1.54) is 13.4 Å². The summed E-state index contributed by atoms with van der Waals surface area (Å²) in [6.45, 7) is 5.39. The minimum absolute atomic E-state index is 0.261. The highest BCUT2D eigenvalue weighted by atomic mass is 16.6. The predicted octanol–water partition coefficient (Wildman–Crippen LogP) is 3.14. The summed E-state index contributed by atoms with van der Waals surface area (Å²) in [6.07, 6.45) is 6.28. The van der Waals surface area contributed by atoms with Crippen molar-refractivity contribution in [3.05, 3.63) is 12.3 Å². The summed E-state index contributed by atoms with van der Waals surface area (Å²) in [5.74, 6) is -1.82. The first kappa shape index (κ1) is 17.5. The number of esters is 1. The molecule has 0 bridgehead atoms. The van der Waals surface area contributed by atoms with Crippen molar-refractivity contribution >= 4 is 11.9 Å². The van der Waals surface area contributed by atoms with Gasteiger partial charge in [0.15, 0.2) is 0 Å². The van der Waals surface area contributed by atoms with Crippen LogP contribution in [0.1, 0.15) is 52.9 Å². The number of rotatable bonds is 6. The van der Waals surface area contributed by atoms with E-state index in [0.717, 1.165) is 12.8 Å². The van der Waals surface area contributed by atoms with Crippen molar-refractivity contribution in [3.8, 4) is 0 Å².